The van der Waals surface area contributed by atoms with Crippen LogP contribution in [0.2, 0.25) is 0 Å². The molecule has 132 valence electrons. The van der Waals surface area contributed by atoms with Gasteiger partial charge in [0.2, 0.25) is 0 Å². The Labute approximate surface area is 145 Å². The fourth-order valence-corrected chi connectivity index (χ4v) is 2.91. The fourth-order valence-electron chi connectivity index (χ4n) is 2.91. The number of aliphatic hydroxyl groups is 1. The molecule has 1 fully saturated rings. The van der Waals surface area contributed by atoms with Crippen LogP contribution in [-0.4, -0.2) is 46.5 Å². The Bertz CT molecular complexity index is 801. The molecule has 8 nitrogen and oxygen atoms in total. The lowest BCUT2D eigenvalue weighted by molar-refractivity contribution is 0.0911. The van der Waals surface area contributed by atoms with Gasteiger partial charge in [-0.2, -0.15) is 5.10 Å². The molecule has 2 aromatic rings. The van der Waals surface area contributed by atoms with Gasteiger partial charge in [0.05, 0.1) is 5.69 Å². The number of hydrogen-bond acceptors (Lipinski definition) is 4. The quantitative estimate of drug-likeness (QED) is 0.745. The summed E-state index contributed by atoms with van der Waals surface area (Å²) in [5.74, 6) is -0.276. The molecule has 0 spiro atoms. The smallest absolute Gasteiger partial charge is 0.322 e. The van der Waals surface area contributed by atoms with Crippen LogP contribution in [-0.2, 0) is 7.05 Å². The first-order valence-electron chi connectivity index (χ1n) is 8.07. The van der Waals surface area contributed by atoms with Crippen molar-refractivity contribution in [2.24, 2.45) is 7.05 Å². The van der Waals surface area contributed by atoms with E-state index < -0.39 is 6.10 Å². The number of rotatable bonds is 5. The van der Waals surface area contributed by atoms with Crippen molar-refractivity contribution in [3.8, 4) is 0 Å². The number of nitrogens with zero attached hydrogens (tertiary/aromatic N) is 3. The van der Waals surface area contributed by atoms with Gasteiger partial charge in [-0.15, -0.1) is 0 Å². The second kappa shape index (κ2) is 6.94. The lowest BCUT2D eigenvalue weighted by atomic mass is 10.1. The summed E-state index contributed by atoms with van der Waals surface area (Å²) in [5.41, 5.74) is 2.75. The van der Waals surface area contributed by atoms with Crippen molar-refractivity contribution < 1.29 is 14.7 Å². The van der Waals surface area contributed by atoms with Crippen LogP contribution >= 0.6 is 0 Å². The number of aromatic nitrogens is 2. The highest BCUT2D eigenvalue weighted by Crippen LogP contribution is 2.23. The van der Waals surface area contributed by atoms with Gasteiger partial charge in [-0.3, -0.25) is 14.4 Å². The third-order valence-electron chi connectivity index (χ3n) is 4.26. The lowest BCUT2D eigenvalue weighted by Crippen LogP contribution is -2.30. The first kappa shape index (κ1) is 17.0. The van der Waals surface area contributed by atoms with E-state index in [0.717, 1.165) is 11.3 Å². The molecule has 1 aromatic carbocycles. The molecule has 25 heavy (non-hydrogen) atoms. The summed E-state index contributed by atoms with van der Waals surface area (Å²) >= 11 is 0. The second-order valence-corrected chi connectivity index (χ2v) is 5.99. The van der Waals surface area contributed by atoms with Crippen LogP contribution in [0.15, 0.2) is 30.5 Å². The van der Waals surface area contributed by atoms with E-state index in [0.29, 0.717) is 24.3 Å². The maximum Gasteiger partial charge on any atom is 0.322 e. The summed E-state index contributed by atoms with van der Waals surface area (Å²) < 4.78 is 1.57. The third-order valence-corrected chi connectivity index (χ3v) is 4.26. The second-order valence-electron chi connectivity index (χ2n) is 5.99. The largest absolute Gasteiger partial charge is 0.385 e. The van der Waals surface area contributed by atoms with E-state index in [-0.39, 0.29) is 18.5 Å². The van der Waals surface area contributed by atoms with E-state index in [1.807, 2.05) is 6.92 Å². The van der Waals surface area contributed by atoms with E-state index in [1.165, 1.54) is 0 Å². The Kier molecular flexibility index (Phi) is 4.71. The van der Waals surface area contributed by atoms with Crippen LogP contribution in [0.5, 0.6) is 0 Å². The molecule has 3 amide bonds. The van der Waals surface area contributed by atoms with Gasteiger partial charge in [-0.25, -0.2) is 4.79 Å². The maximum absolute atomic E-state index is 12.3. The SMILES string of the molecule is Cc1cc(C(=O)NCC(O)c2ccnn2C)ccc1N1CCNC1=O. The minimum Gasteiger partial charge on any atom is -0.385 e. The zero-order chi connectivity index (χ0) is 18.0. The zero-order valence-corrected chi connectivity index (χ0v) is 14.2. The molecule has 1 atom stereocenters. The van der Waals surface area contributed by atoms with Crippen LogP contribution in [0.1, 0.15) is 27.7 Å². The lowest BCUT2D eigenvalue weighted by Gasteiger charge is -2.18. The third kappa shape index (κ3) is 3.48. The van der Waals surface area contributed by atoms with Crippen LogP contribution in [0, 0.1) is 6.92 Å². The molecule has 1 aliphatic rings. The Morgan fingerprint density at radius 1 is 1.44 bits per heavy atom. The molecule has 8 heteroatoms. The summed E-state index contributed by atoms with van der Waals surface area (Å²) in [6.45, 7) is 3.18. The standard InChI is InChI=1S/C17H21N5O3/c1-11-9-12(3-4-13(11)22-8-7-18-17(22)25)16(24)19-10-15(23)14-5-6-20-21(14)2/h3-6,9,15,23H,7-8,10H2,1-2H3,(H,18,25)(H,19,24). The zero-order valence-electron chi connectivity index (χ0n) is 14.2. The Morgan fingerprint density at radius 2 is 2.24 bits per heavy atom. The van der Waals surface area contributed by atoms with Gasteiger partial charge in [0, 0.05) is 44.1 Å². The van der Waals surface area contributed by atoms with E-state index >= 15 is 0 Å². The van der Waals surface area contributed by atoms with Crippen molar-refractivity contribution in [1.82, 2.24) is 20.4 Å². The van der Waals surface area contributed by atoms with Crippen LogP contribution in [0.4, 0.5) is 10.5 Å². The first-order valence-corrected chi connectivity index (χ1v) is 8.07. The molecular weight excluding hydrogens is 322 g/mol. The predicted molar refractivity (Wildman–Crippen MR) is 92.4 cm³/mol. The number of urea groups is 1. The van der Waals surface area contributed by atoms with Gasteiger partial charge < -0.3 is 15.7 Å². The highest BCUT2D eigenvalue weighted by atomic mass is 16.3. The van der Waals surface area contributed by atoms with Crippen molar-refractivity contribution in [2.45, 2.75) is 13.0 Å². The number of anilines is 1. The molecule has 1 aliphatic heterocycles. The highest BCUT2D eigenvalue weighted by Gasteiger charge is 2.23. The van der Waals surface area contributed by atoms with E-state index in [4.69, 9.17) is 0 Å². The number of benzene rings is 1. The number of nitrogens with one attached hydrogen (secondary N) is 2. The predicted octanol–water partition coefficient (Wildman–Crippen LogP) is 0.722. The molecule has 3 N–H and O–H groups in total. The maximum atomic E-state index is 12.3. The van der Waals surface area contributed by atoms with E-state index in [2.05, 4.69) is 15.7 Å². The average Bonchev–Trinajstić information content (AvgIpc) is 3.20. The number of aliphatic hydroxyl groups excluding tert-OH is 1. The first-order chi connectivity index (χ1) is 12.0. The topological polar surface area (TPSA) is 99.5 Å². The molecule has 0 bridgehead atoms. The molecule has 2 heterocycles. The average molecular weight is 343 g/mol. The summed E-state index contributed by atoms with van der Waals surface area (Å²) in [6, 6.07) is 6.77. The van der Waals surface area contributed by atoms with Crippen molar-refractivity contribution in [2.75, 3.05) is 24.5 Å². The number of amides is 3. The van der Waals surface area contributed by atoms with Crippen LogP contribution in [0.3, 0.4) is 0 Å². The highest BCUT2D eigenvalue weighted by molar-refractivity contribution is 5.97. The summed E-state index contributed by atoms with van der Waals surface area (Å²) in [4.78, 5) is 25.7. The normalized spacial score (nSPS) is 15.2. The summed E-state index contributed by atoms with van der Waals surface area (Å²) in [5, 5.41) is 19.6. The van der Waals surface area contributed by atoms with Crippen molar-refractivity contribution in [1.29, 1.82) is 0 Å². The number of carbonyl (C=O) groups excluding carboxylic acids is 2. The molecule has 1 saturated heterocycles. The van der Waals surface area contributed by atoms with Gasteiger partial charge in [0.1, 0.15) is 6.10 Å². The molecular formula is C17H21N5O3. The van der Waals surface area contributed by atoms with Crippen LogP contribution < -0.4 is 15.5 Å². The number of carbonyl (C=O) groups is 2. The van der Waals surface area contributed by atoms with Crippen molar-refractivity contribution >= 4 is 17.6 Å². The molecule has 0 saturated carbocycles. The monoisotopic (exact) mass is 343 g/mol. The van der Waals surface area contributed by atoms with Gasteiger partial charge in [0.15, 0.2) is 0 Å². The fraction of sp³-hybridized carbons (Fsp3) is 0.353. The van der Waals surface area contributed by atoms with Crippen molar-refractivity contribution in [3.05, 3.63) is 47.3 Å². The van der Waals surface area contributed by atoms with E-state index in [9.17, 15) is 14.7 Å². The van der Waals surface area contributed by atoms with Crippen molar-refractivity contribution in [3.63, 3.8) is 0 Å². The number of aryl methyl sites for hydroxylation is 2. The molecule has 1 aromatic heterocycles. The minimum absolute atomic E-state index is 0.0910. The summed E-state index contributed by atoms with van der Waals surface area (Å²) in [6.07, 6.45) is 0.766. The minimum atomic E-state index is -0.829. The van der Waals surface area contributed by atoms with Gasteiger partial charge >= 0.3 is 6.03 Å². The van der Waals surface area contributed by atoms with E-state index in [1.54, 1.807) is 47.1 Å². The van der Waals surface area contributed by atoms with Crippen LogP contribution in [0.25, 0.3) is 0 Å². The Hall–Kier alpha value is -2.87. The molecule has 1 unspecified atom stereocenters. The molecule has 0 aliphatic carbocycles. The molecule has 0 radical (unpaired) electrons. The molecule has 3 rings (SSSR count). The van der Waals surface area contributed by atoms with Gasteiger partial charge in [0.25, 0.3) is 5.91 Å². The number of hydrogen-bond donors (Lipinski definition) is 3. The Morgan fingerprint density at radius 3 is 2.84 bits per heavy atom. The van der Waals surface area contributed by atoms with Gasteiger partial charge in [-0.05, 0) is 36.8 Å². The summed E-state index contributed by atoms with van der Waals surface area (Å²) in [7, 11) is 1.73. The van der Waals surface area contributed by atoms with Gasteiger partial charge in [-0.1, -0.05) is 0 Å². The Balaban J connectivity index is 1.65.